The predicted octanol–water partition coefficient (Wildman–Crippen LogP) is -8.08. The molecule has 0 spiro atoms. The van der Waals surface area contributed by atoms with E-state index in [0.717, 1.165) is 0 Å². The van der Waals surface area contributed by atoms with E-state index in [4.69, 9.17) is 33.2 Å². The van der Waals surface area contributed by atoms with E-state index in [1.807, 2.05) is 0 Å². The lowest BCUT2D eigenvalue weighted by molar-refractivity contribution is -0.377. The highest BCUT2D eigenvalue weighted by Gasteiger charge is 2.53. The summed E-state index contributed by atoms with van der Waals surface area (Å²) in [6, 6.07) is 0. The fraction of sp³-hybridized carbons (Fsp3) is 1.00. The number of hydrogen-bond acceptors (Lipinski definition) is 19. The van der Waals surface area contributed by atoms with E-state index in [1.54, 1.807) is 0 Å². The highest BCUT2D eigenvalue weighted by molar-refractivity contribution is 4.95. The van der Waals surface area contributed by atoms with E-state index in [9.17, 15) is 61.3 Å². The summed E-state index contributed by atoms with van der Waals surface area (Å²) in [6.45, 7) is -0.610. The van der Waals surface area contributed by atoms with Crippen LogP contribution in [0.2, 0.25) is 0 Å². The van der Waals surface area contributed by atoms with Gasteiger partial charge in [-0.1, -0.05) is 0 Å². The van der Waals surface area contributed by atoms with E-state index in [1.165, 1.54) is 6.92 Å². The van der Waals surface area contributed by atoms with Crippen LogP contribution >= 0.6 is 0 Å². The zero-order valence-electron chi connectivity index (χ0n) is 22.3. The van der Waals surface area contributed by atoms with Crippen molar-refractivity contribution in [1.29, 1.82) is 0 Å². The quantitative estimate of drug-likeness (QED) is 0.120. The standard InChI is InChI=1S/C23H40O19/c1-5-18(12(29)14(31)20(35)37-5)41-21-15(32)10(27)8(4-36-21)40-22-17(34)13(30)19(7(3-25)39-22)42-23-16(33)11(28)9(26)6(2-24)38-23/h5-35H,2-4H2,1H3. The molecule has 246 valence electrons. The first kappa shape index (κ1) is 34.1. The van der Waals surface area contributed by atoms with Gasteiger partial charge in [-0.15, -0.1) is 0 Å². The third kappa shape index (κ3) is 6.74. The van der Waals surface area contributed by atoms with Crippen LogP contribution in [0.25, 0.3) is 0 Å². The third-order valence-electron chi connectivity index (χ3n) is 7.79. The predicted molar refractivity (Wildman–Crippen MR) is 126 cm³/mol. The van der Waals surface area contributed by atoms with Crippen molar-refractivity contribution >= 4 is 0 Å². The van der Waals surface area contributed by atoms with Crippen LogP contribution < -0.4 is 0 Å². The Morgan fingerprint density at radius 1 is 0.524 bits per heavy atom. The molecule has 0 aliphatic carbocycles. The molecule has 12 N–H and O–H groups in total. The molecule has 0 amide bonds. The van der Waals surface area contributed by atoms with Crippen molar-refractivity contribution in [2.45, 2.75) is 124 Å². The average molecular weight is 621 g/mol. The van der Waals surface area contributed by atoms with Crippen molar-refractivity contribution in [3.63, 3.8) is 0 Å². The monoisotopic (exact) mass is 620 g/mol. The molecule has 19 nitrogen and oxygen atoms in total. The van der Waals surface area contributed by atoms with Gasteiger partial charge < -0.3 is 94.4 Å². The highest BCUT2D eigenvalue weighted by atomic mass is 16.8. The molecule has 4 heterocycles. The topological polar surface area (TPSA) is 307 Å². The van der Waals surface area contributed by atoms with Crippen molar-refractivity contribution in [2.24, 2.45) is 0 Å². The van der Waals surface area contributed by atoms with Crippen LogP contribution in [0.3, 0.4) is 0 Å². The molecular weight excluding hydrogens is 580 g/mol. The lowest BCUT2D eigenvalue weighted by Crippen LogP contribution is -2.66. The molecule has 19 heteroatoms. The number of aliphatic hydroxyl groups excluding tert-OH is 12. The van der Waals surface area contributed by atoms with Gasteiger partial charge in [0.15, 0.2) is 25.2 Å². The van der Waals surface area contributed by atoms with E-state index < -0.39 is 137 Å². The molecular formula is C23H40O19. The van der Waals surface area contributed by atoms with Gasteiger partial charge in [-0.2, -0.15) is 0 Å². The normalized spacial score (nSPS) is 54.1. The molecule has 42 heavy (non-hydrogen) atoms. The molecule has 4 aliphatic rings. The third-order valence-corrected chi connectivity index (χ3v) is 7.79. The Labute approximate surface area is 238 Å². The summed E-state index contributed by atoms with van der Waals surface area (Å²) in [6.07, 6.45) is -30.5. The molecule has 0 bridgehead atoms. The Hall–Kier alpha value is -0.760. The molecule has 0 aromatic heterocycles. The van der Waals surface area contributed by atoms with Crippen LogP contribution in [0, 0.1) is 0 Å². The van der Waals surface area contributed by atoms with Gasteiger partial charge in [0.1, 0.15) is 85.5 Å². The van der Waals surface area contributed by atoms with E-state index in [2.05, 4.69) is 0 Å². The van der Waals surface area contributed by atoms with Crippen molar-refractivity contribution in [1.82, 2.24) is 0 Å². The summed E-state index contributed by atoms with van der Waals surface area (Å²) in [5.41, 5.74) is 0. The molecule has 19 unspecified atom stereocenters. The van der Waals surface area contributed by atoms with E-state index >= 15 is 0 Å². The van der Waals surface area contributed by atoms with Gasteiger partial charge in [-0.3, -0.25) is 0 Å². The van der Waals surface area contributed by atoms with E-state index in [-0.39, 0.29) is 0 Å². The summed E-state index contributed by atoms with van der Waals surface area (Å²) < 4.78 is 37.8. The molecule has 4 saturated heterocycles. The fourth-order valence-electron chi connectivity index (χ4n) is 5.21. The fourth-order valence-corrected chi connectivity index (χ4v) is 5.21. The van der Waals surface area contributed by atoms with Crippen LogP contribution in [-0.4, -0.2) is 198 Å². The van der Waals surface area contributed by atoms with Gasteiger partial charge in [0.05, 0.1) is 25.9 Å². The zero-order valence-corrected chi connectivity index (χ0v) is 22.3. The number of ether oxygens (including phenoxy) is 7. The maximum absolute atomic E-state index is 10.7. The Kier molecular flexibility index (Phi) is 11.5. The minimum atomic E-state index is -1.90. The first-order valence-corrected chi connectivity index (χ1v) is 13.4. The number of hydrogen-bond donors (Lipinski definition) is 12. The minimum absolute atomic E-state index is 0.469. The Balaban J connectivity index is 1.36. The van der Waals surface area contributed by atoms with Crippen LogP contribution in [0.1, 0.15) is 6.92 Å². The van der Waals surface area contributed by atoms with Crippen molar-refractivity contribution in [2.75, 3.05) is 19.8 Å². The molecule has 4 fully saturated rings. The molecule has 4 aliphatic heterocycles. The molecule has 0 aromatic rings. The molecule has 0 saturated carbocycles. The van der Waals surface area contributed by atoms with Crippen LogP contribution in [0.15, 0.2) is 0 Å². The summed E-state index contributed by atoms with van der Waals surface area (Å²) in [4.78, 5) is 0. The van der Waals surface area contributed by atoms with Crippen LogP contribution in [0.4, 0.5) is 0 Å². The lowest BCUT2D eigenvalue weighted by atomic mass is 9.96. The number of aliphatic hydroxyl groups is 12. The smallest absolute Gasteiger partial charge is 0.187 e. The SMILES string of the molecule is CC1OC(O)C(O)C(O)C1OC1OCC(OC2OC(CO)C(OC3OC(CO)C(O)C(O)C3O)C(O)C2O)C(O)C1O. The summed E-state index contributed by atoms with van der Waals surface area (Å²) in [5.74, 6) is 0. The van der Waals surface area contributed by atoms with Crippen molar-refractivity contribution in [3.8, 4) is 0 Å². The Bertz CT molecular complexity index is 851. The second-order valence-corrected chi connectivity index (χ2v) is 10.7. The van der Waals surface area contributed by atoms with Gasteiger partial charge in [0, 0.05) is 0 Å². The van der Waals surface area contributed by atoms with Crippen LogP contribution in [0.5, 0.6) is 0 Å². The molecule has 4 rings (SSSR count). The minimum Gasteiger partial charge on any atom is -0.394 e. The van der Waals surface area contributed by atoms with E-state index in [0.29, 0.717) is 0 Å². The summed E-state index contributed by atoms with van der Waals surface area (Å²) >= 11 is 0. The number of rotatable bonds is 8. The largest absolute Gasteiger partial charge is 0.394 e. The van der Waals surface area contributed by atoms with Gasteiger partial charge in [0.25, 0.3) is 0 Å². The average Bonchev–Trinajstić information content (AvgIpc) is 2.97. The van der Waals surface area contributed by atoms with Gasteiger partial charge in [0.2, 0.25) is 0 Å². The van der Waals surface area contributed by atoms with Crippen LogP contribution in [-0.2, 0) is 33.2 Å². The maximum Gasteiger partial charge on any atom is 0.187 e. The molecule has 19 atom stereocenters. The van der Waals surface area contributed by atoms with Gasteiger partial charge >= 0.3 is 0 Å². The first-order chi connectivity index (χ1) is 19.8. The summed E-state index contributed by atoms with van der Waals surface area (Å²) in [5, 5.41) is 122. The zero-order chi connectivity index (χ0) is 31.0. The molecule has 0 aromatic carbocycles. The van der Waals surface area contributed by atoms with Crippen molar-refractivity contribution < 1.29 is 94.4 Å². The lowest BCUT2D eigenvalue weighted by Gasteiger charge is -2.47. The Morgan fingerprint density at radius 2 is 1.05 bits per heavy atom. The Morgan fingerprint density at radius 3 is 1.69 bits per heavy atom. The second kappa shape index (κ2) is 14.1. The van der Waals surface area contributed by atoms with Crippen molar-refractivity contribution in [3.05, 3.63) is 0 Å². The van der Waals surface area contributed by atoms with Gasteiger partial charge in [-0.25, -0.2) is 0 Å². The highest BCUT2D eigenvalue weighted by Crippen LogP contribution is 2.32. The molecule has 0 radical (unpaired) electrons. The van der Waals surface area contributed by atoms with Gasteiger partial charge in [-0.05, 0) is 6.92 Å². The second-order valence-electron chi connectivity index (χ2n) is 10.7. The maximum atomic E-state index is 10.7. The first-order valence-electron chi connectivity index (χ1n) is 13.4. The summed E-state index contributed by atoms with van der Waals surface area (Å²) in [7, 11) is 0.